The number of aromatic nitrogens is 1. The zero-order valence-corrected chi connectivity index (χ0v) is 11.5. The molecular weight excluding hydrogens is 274 g/mol. The molecule has 0 saturated heterocycles. The highest BCUT2D eigenvalue weighted by Gasteiger charge is 2.15. The molecule has 2 aromatic rings. The molecule has 0 atom stereocenters. The van der Waals surface area contributed by atoms with Gasteiger partial charge in [0.25, 0.3) is 11.6 Å². The SMILES string of the molecule is Cc1cc([N+](=O)[O-])c(C)cc1NC(=O)c1cc[nH]c(=O)c1. The quantitative estimate of drug-likeness (QED) is 0.666. The molecule has 1 aromatic carbocycles. The second-order valence-electron chi connectivity index (χ2n) is 4.61. The van der Waals surface area contributed by atoms with Crippen LogP contribution < -0.4 is 10.9 Å². The van der Waals surface area contributed by atoms with E-state index in [1.807, 2.05) is 0 Å². The number of aromatic amines is 1. The molecule has 0 spiro atoms. The second-order valence-corrected chi connectivity index (χ2v) is 4.61. The summed E-state index contributed by atoms with van der Waals surface area (Å²) < 4.78 is 0. The van der Waals surface area contributed by atoms with Gasteiger partial charge in [-0.1, -0.05) is 0 Å². The topological polar surface area (TPSA) is 105 Å². The number of H-pyrrole nitrogens is 1. The van der Waals surface area contributed by atoms with Gasteiger partial charge >= 0.3 is 0 Å². The van der Waals surface area contributed by atoms with E-state index in [2.05, 4.69) is 10.3 Å². The Bertz CT molecular complexity index is 780. The van der Waals surface area contributed by atoms with Crippen LogP contribution in [0.3, 0.4) is 0 Å². The van der Waals surface area contributed by atoms with E-state index in [0.717, 1.165) is 0 Å². The Kier molecular flexibility index (Phi) is 3.84. The number of benzene rings is 1. The molecule has 2 rings (SSSR count). The lowest BCUT2D eigenvalue weighted by atomic mass is 10.1. The van der Waals surface area contributed by atoms with Gasteiger partial charge in [0.05, 0.1) is 4.92 Å². The summed E-state index contributed by atoms with van der Waals surface area (Å²) in [6.45, 7) is 3.26. The van der Waals surface area contributed by atoms with Crippen LogP contribution in [-0.2, 0) is 0 Å². The van der Waals surface area contributed by atoms with Crippen LogP contribution in [0.1, 0.15) is 21.5 Å². The van der Waals surface area contributed by atoms with Gasteiger partial charge < -0.3 is 10.3 Å². The monoisotopic (exact) mass is 287 g/mol. The lowest BCUT2D eigenvalue weighted by Gasteiger charge is -2.09. The molecule has 0 bridgehead atoms. The van der Waals surface area contributed by atoms with E-state index >= 15 is 0 Å². The Labute approximate surface area is 119 Å². The van der Waals surface area contributed by atoms with Crippen LogP contribution in [0.5, 0.6) is 0 Å². The van der Waals surface area contributed by atoms with Crippen molar-refractivity contribution in [1.82, 2.24) is 4.98 Å². The van der Waals surface area contributed by atoms with Gasteiger partial charge in [0.2, 0.25) is 5.56 Å². The molecule has 7 nitrogen and oxygen atoms in total. The number of hydrogen-bond donors (Lipinski definition) is 2. The Hall–Kier alpha value is -2.96. The van der Waals surface area contributed by atoms with Crippen LogP contribution in [0, 0.1) is 24.0 Å². The number of aryl methyl sites for hydroxylation is 2. The van der Waals surface area contributed by atoms with Crippen LogP contribution in [-0.4, -0.2) is 15.8 Å². The van der Waals surface area contributed by atoms with Gasteiger partial charge in [0.1, 0.15) is 0 Å². The first-order valence-corrected chi connectivity index (χ1v) is 6.14. The van der Waals surface area contributed by atoms with Gasteiger partial charge in [0, 0.05) is 35.1 Å². The highest BCUT2D eigenvalue weighted by Crippen LogP contribution is 2.26. The standard InChI is InChI=1S/C14H13N3O4/c1-8-6-12(17(20)21)9(2)5-11(8)16-14(19)10-3-4-15-13(18)7-10/h3-7H,1-2H3,(H,15,18)(H,16,19). The minimum atomic E-state index is -0.468. The van der Waals surface area contributed by atoms with Crippen molar-refractivity contribution in [1.29, 1.82) is 0 Å². The summed E-state index contributed by atoms with van der Waals surface area (Å²) in [4.78, 5) is 36.0. The van der Waals surface area contributed by atoms with Crippen molar-refractivity contribution in [3.8, 4) is 0 Å². The number of carbonyl (C=O) groups excluding carboxylic acids is 1. The summed E-state index contributed by atoms with van der Waals surface area (Å²) in [5.74, 6) is -0.447. The number of carbonyl (C=O) groups is 1. The summed E-state index contributed by atoms with van der Waals surface area (Å²) in [7, 11) is 0. The van der Waals surface area contributed by atoms with E-state index in [9.17, 15) is 19.7 Å². The number of nitrogens with one attached hydrogen (secondary N) is 2. The molecule has 0 aliphatic heterocycles. The van der Waals surface area contributed by atoms with Crippen LogP contribution in [0.4, 0.5) is 11.4 Å². The predicted molar refractivity (Wildman–Crippen MR) is 77.6 cm³/mol. The van der Waals surface area contributed by atoms with Gasteiger partial charge in [-0.25, -0.2) is 0 Å². The zero-order chi connectivity index (χ0) is 15.6. The first-order valence-electron chi connectivity index (χ1n) is 6.14. The van der Waals surface area contributed by atoms with Crippen molar-refractivity contribution in [3.05, 3.63) is 67.6 Å². The fourth-order valence-corrected chi connectivity index (χ4v) is 1.91. The number of nitro groups is 1. The van der Waals surface area contributed by atoms with Crippen molar-refractivity contribution in [2.75, 3.05) is 5.32 Å². The number of hydrogen-bond acceptors (Lipinski definition) is 4. The Balaban J connectivity index is 2.32. The van der Waals surface area contributed by atoms with E-state index in [1.54, 1.807) is 19.9 Å². The molecule has 1 amide bonds. The molecule has 1 heterocycles. The molecule has 0 aliphatic rings. The molecule has 0 unspecified atom stereocenters. The lowest BCUT2D eigenvalue weighted by Crippen LogP contribution is -2.16. The maximum Gasteiger partial charge on any atom is 0.272 e. The Morgan fingerprint density at radius 3 is 2.57 bits per heavy atom. The maximum absolute atomic E-state index is 12.1. The third-order valence-electron chi connectivity index (χ3n) is 3.03. The van der Waals surface area contributed by atoms with Crippen LogP contribution >= 0.6 is 0 Å². The first-order chi connectivity index (χ1) is 9.88. The van der Waals surface area contributed by atoms with E-state index in [-0.39, 0.29) is 16.8 Å². The van der Waals surface area contributed by atoms with Gasteiger partial charge in [-0.3, -0.25) is 19.7 Å². The van der Waals surface area contributed by atoms with Crippen molar-refractivity contribution < 1.29 is 9.72 Å². The summed E-state index contributed by atoms with van der Waals surface area (Å²) in [6, 6.07) is 5.61. The summed E-state index contributed by atoms with van der Waals surface area (Å²) >= 11 is 0. The lowest BCUT2D eigenvalue weighted by molar-refractivity contribution is -0.385. The van der Waals surface area contributed by atoms with Crippen molar-refractivity contribution in [2.45, 2.75) is 13.8 Å². The van der Waals surface area contributed by atoms with Crippen molar-refractivity contribution in [3.63, 3.8) is 0 Å². The smallest absolute Gasteiger partial charge is 0.272 e. The highest BCUT2D eigenvalue weighted by atomic mass is 16.6. The molecule has 21 heavy (non-hydrogen) atoms. The van der Waals surface area contributed by atoms with E-state index in [1.165, 1.54) is 24.4 Å². The molecule has 2 N–H and O–H groups in total. The summed E-state index contributed by atoms with van der Waals surface area (Å²) in [5, 5.41) is 13.5. The maximum atomic E-state index is 12.1. The zero-order valence-electron chi connectivity index (χ0n) is 11.5. The third-order valence-corrected chi connectivity index (χ3v) is 3.03. The van der Waals surface area contributed by atoms with Gasteiger partial charge in [-0.2, -0.15) is 0 Å². The van der Waals surface area contributed by atoms with E-state index < -0.39 is 10.8 Å². The Morgan fingerprint density at radius 2 is 1.95 bits per heavy atom. The number of amides is 1. The summed E-state index contributed by atoms with van der Waals surface area (Å²) in [6.07, 6.45) is 1.38. The number of anilines is 1. The average Bonchev–Trinajstić information content (AvgIpc) is 2.42. The van der Waals surface area contributed by atoms with Crippen molar-refractivity contribution >= 4 is 17.3 Å². The molecule has 0 saturated carbocycles. The predicted octanol–water partition coefficient (Wildman–Crippen LogP) is 2.15. The minimum Gasteiger partial charge on any atom is -0.329 e. The van der Waals surface area contributed by atoms with E-state index in [0.29, 0.717) is 16.8 Å². The van der Waals surface area contributed by atoms with Crippen LogP contribution in [0.2, 0.25) is 0 Å². The third kappa shape index (κ3) is 3.14. The number of rotatable bonds is 3. The van der Waals surface area contributed by atoms with E-state index in [4.69, 9.17) is 0 Å². The second kappa shape index (κ2) is 5.58. The largest absolute Gasteiger partial charge is 0.329 e. The average molecular weight is 287 g/mol. The number of nitrogens with zero attached hydrogens (tertiary/aromatic N) is 1. The fourth-order valence-electron chi connectivity index (χ4n) is 1.91. The molecule has 1 aromatic heterocycles. The molecule has 0 radical (unpaired) electrons. The van der Waals surface area contributed by atoms with Gasteiger partial charge in [0.15, 0.2) is 0 Å². The molecular formula is C14H13N3O4. The number of pyridine rings is 1. The normalized spacial score (nSPS) is 10.2. The molecule has 0 fully saturated rings. The molecule has 108 valence electrons. The first kappa shape index (κ1) is 14.4. The minimum absolute atomic E-state index is 0.00153. The van der Waals surface area contributed by atoms with Gasteiger partial charge in [-0.15, -0.1) is 0 Å². The van der Waals surface area contributed by atoms with Crippen molar-refractivity contribution in [2.24, 2.45) is 0 Å². The van der Waals surface area contributed by atoms with Crippen LogP contribution in [0.25, 0.3) is 0 Å². The molecule has 0 aliphatic carbocycles. The molecule has 7 heteroatoms. The number of nitro benzene ring substituents is 1. The summed E-state index contributed by atoms with van der Waals surface area (Å²) in [5.41, 5.74) is 1.34. The Morgan fingerprint density at radius 1 is 1.24 bits per heavy atom. The highest BCUT2D eigenvalue weighted by molar-refractivity contribution is 6.04. The fraction of sp³-hybridized carbons (Fsp3) is 0.143. The van der Waals surface area contributed by atoms with Gasteiger partial charge in [-0.05, 0) is 31.5 Å². The van der Waals surface area contributed by atoms with Crippen LogP contribution in [0.15, 0.2) is 35.3 Å².